The molecule has 112 valence electrons. The summed E-state index contributed by atoms with van der Waals surface area (Å²) in [6.07, 6.45) is 1.21. The Morgan fingerprint density at radius 3 is 2.73 bits per heavy atom. The minimum Gasteiger partial charge on any atom is -0.461 e. The summed E-state index contributed by atoms with van der Waals surface area (Å²) in [6, 6.07) is 6.53. The van der Waals surface area contributed by atoms with E-state index < -0.39 is 11.7 Å². The van der Waals surface area contributed by atoms with Gasteiger partial charge in [-0.2, -0.15) is 4.68 Å². The first kappa shape index (κ1) is 14.2. The number of benzene rings is 1. The molecule has 0 spiro atoms. The summed E-state index contributed by atoms with van der Waals surface area (Å²) in [6.45, 7) is 1.88. The Hall–Kier alpha value is -2.74. The van der Waals surface area contributed by atoms with Gasteiger partial charge in [0.15, 0.2) is 11.3 Å². The standard InChI is InChI=1S/C13H10ClN5O3/c1-2-22-12(20)10-11-16-17-19(13(21)18(11)7-15-10)9-5-3-8(14)4-6-9/h3-7H,2H2,1H3. The molecule has 0 saturated heterocycles. The number of hydrogen-bond acceptors (Lipinski definition) is 6. The molecule has 0 saturated carbocycles. The second-order valence-electron chi connectivity index (χ2n) is 4.27. The highest BCUT2D eigenvalue weighted by Gasteiger charge is 2.18. The van der Waals surface area contributed by atoms with Crippen molar-refractivity contribution in [3.63, 3.8) is 0 Å². The Kier molecular flexibility index (Phi) is 3.60. The first-order valence-corrected chi connectivity index (χ1v) is 6.75. The number of hydrogen-bond donors (Lipinski definition) is 0. The zero-order valence-electron chi connectivity index (χ0n) is 11.4. The number of carbonyl (C=O) groups is 1. The van der Waals surface area contributed by atoms with Gasteiger partial charge in [-0.25, -0.2) is 19.0 Å². The van der Waals surface area contributed by atoms with Crippen LogP contribution in [0.5, 0.6) is 0 Å². The van der Waals surface area contributed by atoms with E-state index in [1.54, 1.807) is 31.2 Å². The zero-order valence-corrected chi connectivity index (χ0v) is 12.2. The SMILES string of the molecule is CCOC(=O)c1ncn2c(=O)n(-c3ccc(Cl)cc3)nnc12. The molecule has 0 aliphatic heterocycles. The number of rotatable bonds is 3. The first-order valence-electron chi connectivity index (χ1n) is 6.38. The fourth-order valence-corrected chi connectivity index (χ4v) is 2.02. The minimum absolute atomic E-state index is 0.0466. The maximum atomic E-state index is 12.4. The van der Waals surface area contributed by atoms with E-state index in [0.29, 0.717) is 10.7 Å². The molecule has 3 rings (SSSR count). The van der Waals surface area contributed by atoms with Crippen LogP contribution in [0.2, 0.25) is 5.02 Å². The van der Waals surface area contributed by atoms with Crippen LogP contribution in [0.15, 0.2) is 35.4 Å². The van der Waals surface area contributed by atoms with E-state index in [2.05, 4.69) is 15.3 Å². The minimum atomic E-state index is -0.650. The molecular weight excluding hydrogens is 310 g/mol. The fourth-order valence-electron chi connectivity index (χ4n) is 1.89. The molecule has 0 aliphatic carbocycles. The summed E-state index contributed by atoms with van der Waals surface area (Å²) in [7, 11) is 0. The van der Waals surface area contributed by atoms with Crippen molar-refractivity contribution in [2.24, 2.45) is 0 Å². The van der Waals surface area contributed by atoms with Gasteiger partial charge in [0.25, 0.3) is 0 Å². The van der Waals surface area contributed by atoms with Crippen molar-refractivity contribution in [2.45, 2.75) is 6.92 Å². The van der Waals surface area contributed by atoms with Crippen LogP contribution < -0.4 is 5.69 Å². The fraction of sp³-hybridized carbons (Fsp3) is 0.154. The molecule has 8 nitrogen and oxygen atoms in total. The number of fused-ring (bicyclic) bond motifs is 1. The summed E-state index contributed by atoms with van der Waals surface area (Å²) >= 11 is 5.81. The second kappa shape index (κ2) is 5.57. The molecule has 0 aliphatic rings. The molecule has 0 radical (unpaired) electrons. The van der Waals surface area contributed by atoms with E-state index in [0.717, 1.165) is 9.08 Å². The highest BCUT2D eigenvalue weighted by Crippen LogP contribution is 2.11. The van der Waals surface area contributed by atoms with E-state index in [1.807, 2.05) is 0 Å². The number of esters is 1. The van der Waals surface area contributed by atoms with Gasteiger partial charge in [-0.3, -0.25) is 0 Å². The van der Waals surface area contributed by atoms with E-state index in [4.69, 9.17) is 16.3 Å². The average molecular weight is 320 g/mol. The third kappa shape index (κ3) is 2.33. The average Bonchev–Trinajstić information content (AvgIpc) is 2.94. The third-order valence-corrected chi connectivity index (χ3v) is 3.15. The lowest BCUT2D eigenvalue weighted by Gasteiger charge is -2.04. The van der Waals surface area contributed by atoms with E-state index in [-0.39, 0.29) is 17.9 Å². The Bertz CT molecular complexity index is 900. The van der Waals surface area contributed by atoms with Gasteiger partial charge in [-0.1, -0.05) is 16.8 Å². The Balaban J connectivity index is 2.13. The number of nitrogens with zero attached hydrogens (tertiary/aromatic N) is 5. The zero-order chi connectivity index (χ0) is 15.7. The molecular formula is C13H10ClN5O3. The van der Waals surface area contributed by atoms with Crippen LogP contribution >= 0.6 is 11.6 Å². The third-order valence-electron chi connectivity index (χ3n) is 2.90. The lowest BCUT2D eigenvalue weighted by molar-refractivity contribution is 0.0522. The second-order valence-corrected chi connectivity index (χ2v) is 4.70. The normalized spacial score (nSPS) is 10.8. The first-order chi connectivity index (χ1) is 10.6. The molecule has 2 heterocycles. The van der Waals surface area contributed by atoms with Gasteiger partial charge < -0.3 is 4.74 Å². The summed E-state index contributed by atoms with van der Waals surface area (Å²) in [5.41, 5.74) is -0.00562. The molecule has 1 aromatic carbocycles. The Morgan fingerprint density at radius 2 is 2.05 bits per heavy atom. The summed E-state index contributed by atoms with van der Waals surface area (Å²) in [4.78, 5) is 28.0. The van der Waals surface area contributed by atoms with Crippen molar-refractivity contribution < 1.29 is 9.53 Å². The molecule has 0 atom stereocenters. The van der Waals surface area contributed by atoms with E-state index >= 15 is 0 Å². The van der Waals surface area contributed by atoms with Crippen LogP contribution in [-0.4, -0.2) is 37.0 Å². The van der Waals surface area contributed by atoms with Gasteiger partial charge in [0.2, 0.25) is 0 Å². The molecule has 22 heavy (non-hydrogen) atoms. The smallest absolute Gasteiger partial charge is 0.360 e. The Morgan fingerprint density at radius 1 is 1.32 bits per heavy atom. The van der Waals surface area contributed by atoms with Gasteiger partial charge in [0.05, 0.1) is 12.3 Å². The van der Waals surface area contributed by atoms with Crippen molar-refractivity contribution in [2.75, 3.05) is 6.61 Å². The Labute approximate surface area is 128 Å². The van der Waals surface area contributed by atoms with Crippen molar-refractivity contribution in [1.82, 2.24) is 24.4 Å². The van der Waals surface area contributed by atoms with Crippen molar-refractivity contribution in [3.8, 4) is 5.69 Å². The molecule has 0 N–H and O–H groups in total. The van der Waals surface area contributed by atoms with Crippen molar-refractivity contribution in [3.05, 3.63) is 51.8 Å². The molecule has 0 bridgehead atoms. The number of carbonyl (C=O) groups excluding carboxylic acids is 1. The van der Waals surface area contributed by atoms with Crippen LogP contribution in [0.4, 0.5) is 0 Å². The number of imidazole rings is 1. The molecule has 3 aromatic rings. The summed E-state index contributed by atoms with van der Waals surface area (Å²) < 4.78 is 7.07. The molecule has 9 heteroatoms. The van der Waals surface area contributed by atoms with Crippen LogP contribution in [0.1, 0.15) is 17.4 Å². The highest BCUT2D eigenvalue weighted by molar-refractivity contribution is 6.30. The largest absolute Gasteiger partial charge is 0.461 e. The predicted molar refractivity (Wildman–Crippen MR) is 77.3 cm³/mol. The maximum absolute atomic E-state index is 12.4. The van der Waals surface area contributed by atoms with Crippen LogP contribution in [0.25, 0.3) is 11.3 Å². The highest BCUT2D eigenvalue weighted by atomic mass is 35.5. The topological polar surface area (TPSA) is 91.4 Å². The van der Waals surface area contributed by atoms with Gasteiger partial charge in [0.1, 0.15) is 6.33 Å². The molecule has 0 fully saturated rings. The van der Waals surface area contributed by atoms with Crippen LogP contribution in [0, 0.1) is 0 Å². The summed E-state index contributed by atoms with van der Waals surface area (Å²) in [5.74, 6) is -0.650. The number of aromatic nitrogens is 5. The van der Waals surface area contributed by atoms with Gasteiger partial charge in [-0.05, 0) is 31.2 Å². The van der Waals surface area contributed by atoms with Gasteiger partial charge in [0, 0.05) is 5.02 Å². The van der Waals surface area contributed by atoms with Crippen LogP contribution in [-0.2, 0) is 4.74 Å². The quantitative estimate of drug-likeness (QED) is 0.671. The lowest BCUT2D eigenvalue weighted by Crippen LogP contribution is -2.28. The van der Waals surface area contributed by atoms with Crippen molar-refractivity contribution in [1.29, 1.82) is 0 Å². The molecule has 0 amide bonds. The predicted octanol–water partition coefficient (Wildman–Crippen LogP) is 1.11. The van der Waals surface area contributed by atoms with Crippen LogP contribution in [0.3, 0.4) is 0 Å². The monoisotopic (exact) mass is 319 g/mol. The molecule has 0 unspecified atom stereocenters. The van der Waals surface area contributed by atoms with Gasteiger partial charge in [-0.15, -0.1) is 5.10 Å². The van der Waals surface area contributed by atoms with Crippen molar-refractivity contribution >= 4 is 23.2 Å². The summed E-state index contributed by atoms with van der Waals surface area (Å²) in [5, 5.41) is 8.25. The molecule has 2 aromatic heterocycles. The number of ether oxygens (including phenoxy) is 1. The number of halogens is 1. The van der Waals surface area contributed by atoms with E-state index in [1.165, 1.54) is 6.33 Å². The lowest BCUT2D eigenvalue weighted by atomic mass is 10.3. The van der Waals surface area contributed by atoms with Gasteiger partial charge >= 0.3 is 11.7 Å². The van der Waals surface area contributed by atoms with E-state index in [9.17, 15) is 9.59 Å². The maximum Gasteiger partial charge on any atom is 0.360 e.